The zero-order valence-electron chi connectivity index (χ0n) is 6.15. The minimum atomic E-state index is -2.90. The van der Waals surface area contributed by atoms with E-state index in [1.807, 2.05) is 0 Å². The molecule has 0 saturated carbocycles. The van der Waals surface area contributed by atoms with Crippen LogP contribution >= 0.6 is 11.3 Å². The van der Waals surface area contributed by atoms with Gasteiger partial charge in [0.2, 0.25) is 0 Å². The number of hydrogen-bond acceptors (Lipinski definition) is 4. The van der Waals surface area contributed by atoms with Gasteiger partial charge >= 0.3 is 0 Å². The zero-order chi connectivity index (χ0) is 8.32. The summed E-state index contributed by atoms with van der Waals surface area (Å²) in [7, 11) is -2.90. The Kier molecular flexibility index (Phi) is 2.62. The fraction of sp³-hybridized carbons (Fsp3) is 0.500. The Hall–Kier alpha value is -0.420. The van der Waals surface area contributed by atoms with Gasteiger partial charge in [-0.2, -0.15) is 0 Å². The molecule has 0 bridgehead atoms. The zero-order valence-corrected chi connectivity index (χ0v) is 7.78. The Balaban J connectivity index is 2.72. The largest absolute Gasteiger partial charge is 0.249 e. The third-order valence-corrected chi connectivity index (χ3v) is 3.54. The van der Waals surface area contributed by atoms with Crippen LogP contribution in [0.1, 0.15) is 12.6 Å². The number of sulfone groups is 1. The molecule has 0 N–H and O–H groups in total. The van der Waals surface area contributed by atoms with Crippen LogP contribution in [0.4, 0.5) is 0 Å². The summed E-state index contributed by atoms with van der Waals surface area (Å²) in [6.45, 7) is 1.64. The van der Waals surface area contributed by atoms with Crippen LogP contribution in [0, 0.1) is 0 Å². The lowest BCUT2D eigenvalue weighted by molar-refractivity contribution is 0.596. The summed E-state index contributed by atoms with van der Waals surface area (Å²) in [5.74, 6) is 0.261. The van der Waals surface area contributed by atoms with Gasteiger partial charge in [-0.1, -0.05) is 6.92 Å². The molecule has 1 aromatic heterocycles. The summed E-state index contributed by atoms with van der Waals surface area (Å²) < 4.78 is 22.1. The monoisotopic (exact) mass is 191 g/mol. The minimum absolute atomic E-state index is 0.0764. The van der Waals surface area contributed by atoms with Crippen molar-refractivity contribution in [3.8, 4) is 0 Å². The fourth-order valence-electron chi connectivity index (χ4n) is 0.636. The van der Waals surface area contributed by atoms with Crippen LogP contribution in [0.2, 0.25) is 0 Å². The van der Waals surface area contributed by atoms with Gasteiger partial charge in [-0.25, -0.2) is 13.4 Å². The summed E-state index contributed by atoms with van der Waals surface area (Å²) in [6.07, 6.45) is 0. The van der Waals surface area contributed by atoms with Gasteiger partial charge in [0.05, 0.1) is 17.0 Å². The van der Waals surface area contributed by atoms with Crippen LogP contribution in [0.25, 0.3) is 0 Å². The van der Waals surface area contributed by atoms with E-state index >= 15 is 0 Å². The minimum Gasteiger partial charge on any atom is -0.249 e. The topological polar surface area (TPSA) is 47.0 Å². The van der Waals surface area contributed by atoms with Gasteiger partial charge in [0.25, 0.3) is 0 Å². The molecule has 0 aliphatic heterocycles. The van der Waals surface area contributed by atoms with Crippen molar-refractivity contribution in [2.75, 3.05) is 5.75 Å². The van der Waals surface area contributed by atoms with Gasteiger partial charge in [-0.15, -0.1) is 11.3 Å². The summed E-state index contributed by atoms with van der Waals surface area (Å²) in [6, 6.07) is 0. The lowest BCUT2D eigenvalue weighted by Crippen LogP contribution is -2.06. The maximum absolute atomic E-state index is 11.0. The first kappa shape index (κ1) is 8.67. The van der Waals surface area contributed by atoms with Crippen molar-refractivity contribution in [2.45, 2.75) is 12.7 Å². The maximum Gasteiger partial charge on any atom is 0.155 e. The molecule has 0 saturated heterocycles. The quantitative estimate of drug-likeness (QED) is 0.718. The summed E-state index contributed by atoms with van der Waals surface area (Å²) >= 11 is 1.42. The third kappa shape index (κ3) is 2.59. The molecule has 0 spiro atoms. The highest BCUT2D eigenvalue weighted by Crippen LogP contribution is 2.06. The van der Waals surface area contributed by atoms with Crippen LogP contribution in [0.5, 0.6) is 0 Å². The third-order valence-electron chi connectivity index (χ3n) is 1.29. The molecule has 11 heavy (non-hydrogen) atoms. The highest BCUT2D eigenvalue weighted by Gasteiger charge is 2.09. The summed E-state index contributed by atoms with van der Waals surface area (Å²) in [5.41, 5.74) is 2.29. The molecule has 62 valence electrons. The van der Waals surface area contributed by atoms with Crippen molar-refractivity contribution in [1.29, 1.82) is 0 Å². The fourth-order valence-corrected chi connectivity index (χ4v) is 2.11. The molecule has 1 aromatic rings. The molecule has 0 fully saturated rings. The molecule has 0 atom stereocenters. The van der Waals surface area contributed by atoms with Crippen molar-refractivity contribution < 1.29 is 8.42 Å². The van der Waals surface area contributed by atoms with E-state index in [1.165, 1.54) is 11.3 Å². The average molecular weight is 191 g/mol. The van der Waals surface area contributed by atoms with Crippen molar-refractivity contribution in [3.63, 3.8) is 0 Å². The number of hydrogen-bond donors (Lipinski definition) is 0. The molecule has 5 heteroatoms. The first-order chi connectivity index (χ1) is 5.14. The number of rotatable bonds is 3. The van der Waals surface area contributed by atoms with E-state index in [-0.39, 0.29) is 11.5 Å². The smallest absolute Gasteiger partial charge is 0.155 e. The normalized spacial score (nSPS) is 11.7. The SMILES string of the molecule is CCS(=O)(=O)Cc1cscn1. The molecule has 0 aliphatic rings. The highest BCUT2D eigenvalue weighted by atomic mass is 32.2. The second-order valence-corrected chi connectivity index (χ2v) is 5.23. The molecular weight excluding hydrogens is 182 g/mol. The van der Waals surface area contributed by atoms with Gasteiger partial charge < -0.3 is 0 Å². The Bertz CT molecular complexity index is 301. The maximum atomic E-state index is 11.0. The first-order valence-electron chi connectivity index (χ1n) is 3.21. The molecule has 0 unspecified atom stereocenters. The average Bonchev–Trinajstić information content (AvgIpc) is 2.39. The second-order valence-electron chi connectivity index (χ2n) is 2.16. The molecule has 3 nitrogen and oxygen atoms in total. The lowest BCUT2D eigenvalue weighted by Gasteiger charge is -1.95. The van der Waals surface area contributed by atoms with E-state index in [0.717, 1.165) is 0 Å². The van der Waals surface area contributed by atoms with Crippen LogP contribution in [-0.4, -0.2) is 19.2 Å². The number of nitrogens with zero attached hydrogens (tertiary/aromatic N) is 1. The van der Waals surface area contributed by atoms with Crippen LogP contribution in [-0.2, 0) is 15.6 Å². The van der Waals surface area contributed by atoms with Crippen LogP contribution in [0.15, 0.2) is 10.9 Å². The van der Waals surface area contributed by atoms with Gasteiger partial charge in [-0.3, -0.25) is 0 Å². The molecule has 1 heterocycles. The first-order valence-corrected chi connectivity index (χ1v) is 5.98. The van der Waals surface area contributed by atoms with Crippen molar-refractivity contribution in [3.05, 3.63) is 16.6 Å². The Morgan fingerprint density at radius 2 is 2.36 bits per heavy atom. The van der Waals surface area contributed by atoms with E-state index in [4.69, 9.17) is 0 Å². The predicted molar refractivity (Wildman–Crippen MR) is 45.3 cm³/mol. The second kappa shape index (κ2) is 3.32. The van der Waals surface area contributed by atoms with Gasteiger partial charge in [-0.05, 0) is 0 Å². The number of aromatic nitrogens is 1. The van der Waals surface area contributed by atoms with E-state index in [9.17, 15) is 8.42 Å². The van der Waals surface area contributed by atoms with Crippen molar-refractivity contribution >= 4 is 21.2 Å². The standard InChI is InChI=1S/C6H9NO2S2/c1-2-11(8,9)4-6-3-10-5-7-6/h3,5H,2,4H2,1H3. The summed E-state index contributed by atoms with van der Waals surface area (Å²) in [5, 5.41) is 1.76. The van der Waals surface area contributed by atoms with Crippen molar-refractivity contribution in [2.24, 2.45) is 0 Å². The molecular formula is C6H9NO2S2. The van der Waals surface area contributed by atoms with Gasteiger partial charge in [0, 0.05) is 11.1 Å². The van der Waals surface area contributed by atoms with E-state index in [0.29, 0.717) is 5.69 Å². The Morgan fingerprint density at radius 3 is 2.82 bits per heavy atom. The summed E-state index contributed by atoms with van der Waals surface area (Å²) in [4.78, 5) is 3.89. The molecule has 0 aliphatic carbocycles. The highest BCUT2D eigenvalue weighted by molar-refractivity contribution is 7.90. The predicted octanol–water partition coefficient (Wildman–Crippen LogP) is 1.08. The Morgan fingerprint density at radius 1 is 1.64 bits per heavy atom. The van der Waals surface area contributed by atoms with Gasteiger partial charge in [0.15, 0.2) is 9.84 Å². The van der Waals surface area contributed by atoms with E-state index in [2.05, 4.69) is 4.98 Å². The molecule has 1 rings (SSSR count). The van der Waals surface area contributed by atoms with Crippen LogP contribution in [0.3, 0.4) is 0 Å². The molecule has 0 amide bonds. The number of thiazole rings is 1. The Labute approximate surface area is 70.0 Å². The van der Waals surface area contributed by atoms with Gasteiger partial charge in [0.1, 0.15) is 0 Å². The van der Waals surface area contributed by atoms with E-state index < -0.39 is 9.84 Å². The van der Waals surface area contributed by atoms with E-state index in [1.54, 1.807) is 17.8 Å². The molecule has 0 radical (unpaired) electrons. The molecule has 0 aromatic carbocycles. The lowest BCUT2D eigenvalue weighted by atomic mass is 10.6. The van der Waals surface area contributed by atoms with Crippen LogP contribution < -0.4 is 0 Å². The van der Waals surface area contributed by atoms with Crippen molar-refractivity contribution in [1.82, 2.24) is 4.98 Å².